The molecule has 0 heterocycles. The van der Waals surface area contributed by atoms with Crippen molar-refractivity contribution < 1.29 is 13.9 Å². The summed E-state index contributed by atoms with van der Waals surface area (Å²) in [7, 11) is 0. The molecule has 0 atom stereocenters. The minimum absolute atomic E-state index is 0.0406. The van der Waals surface area contributed by atoms with Crippen molar-refractivity contribution in [2.75, 3.05) is 17.7 Å². The molecule has 4 nitrogen and oxygen atoms in total. The maximum absolute atomic E-state index is 13.6. The van der Waals surface area contributed by atoms with E-state index in [1.165, 1.54) is 12.1 Å². The Kier molecular flexibility index (Phi) is 5.00. The van der Waals surface area contributed by atoms with E-state index in [2.05, 4.69) is 5.32 Å². The number of nitrogens with two attached hydrogens (primary N) is 1. The number of benzene rings is 2. The first-order chi connectivity index (χ1) is 10.1. The van der Waals surface area contributed by atoms with Gasteiger partial charge in [0.2, 0.25) is 5.91 Å². The van der Waals surface area contributed by atoms with Crippen LogP contribution < -0.4 is 15.8 Å². The summed E-state index contributed by atoms with van der Waals surface area (Å²) >= 11 is 5.63. The average molecular weight is 309 g/mol. The second-order valence-electron chi connectivity index (χ2n) is 4.29. The SMILES string of the molecule is Nc1ccccc1OCCC(=O)Nc1cccc(Cl)c1F. The van der Waals surface area contributed by atoms with Crippen LogP contribution in [0.4, 0.5) is 15.8 Å². The standard InChI is InChI=1S/C15H14ClFN2O2/c16-10-4-3-6-12(15(10)17)19-14(20)8-9-21-13-7-2-1-5-11(13)18/h1-7H,8-9,18H2,(H,19,20). The largest absolute Gasteiger partial charge is 0.491 e. The fourth-order valence-electron chi connectivity index (χ4n) is 1.68. The number of carbonyl (C=O) groups excluding carboxylic acids is 1. The zero-order chi connectivity index (χ0) is 15.2. The van der Waals surface area contributed by atoms with Crippen molar-refractivity contribution in [1.29, 1.82) is 0 Å². The summed E-state index contributed by atoms with van der Waals surface area (Å²) in [6, 6.07) is 11.4. The molecule has 110 valence electrons. The molecular formula is C15H14ClFN2O2. The lowest BCUT2D eigenvalue weighted by molar-refractivity contribution is -0.116. The average Bonchev–Trinajstić information content (AvgIpc) is 2.46. The summed E-state index contributed by atoms with van der Waals surface area (Å²) in [6.45, 7) is 0.141. The molecule has 0 aromatic heterocycles. The van der Waals surface area contributed by atoms with Crippen LogP contribution in [0.15, 0.2) is 42.5 Å². The third-order valence-corrected chi connectivity index (χ3v) is 3.02. The highest BCUT2D eigenvalue weighted by Crippen LogP contribution is 2.22. The van der Waals surface area contributed by atoms with Gasteiger partial charge in [0.25, 0.3) is 0 Å². The molecule has 21 heavy (non-hydrogen) atoms. The van der Waals surface area contributed by atoms with Gasteiger partial charge in [-0.25, -0.2) is 4.39 Å². The number of anilines is 2. The number of halogens is 2. The molecule has 0 aliphatic heterocycles. The molecule has 0 saturated carbocycles. The maximum atomic E-state index is 13.6. The van der Waals surface area contributed by atoms with Crippen molar-refractivity contribution >= 4 is 28.9 Å². The third kappa shape index (κ3) is 4.10. The van der Waals surface area contributed by atoms with E-state index in [0.29, 0.717) is 11.4 Å². The Morgan fingerprint density at radius 3 is 2.76 bits per heavy atom. The van der Waals surface area contributed by atoms with Crippen LogP contribution in [-0.2, 0) is 4.79 Å². The van der Waals surface area contributed by atoms with Gasteiger partial charge >= 0.3 is 0 Å². The summed E-state index contributed by atoms with van der Waals surface area (Å²) < 4.78 is 19.0. The highest BCUT2D eigenvalue weighted by molar-refractivity contribution is 6.31. The van der Waals surface area contributed by atoms with Crippen LogP contribution in [0.3, 0.4) is 0 Å². The summed E-state index contributed by atoms with van der Waals surface area (Å²) in [5.41, 5.74) is 6.25. The molecule has 6 heteroatoms. The monoisotopic (exact) mass is 308 g/mol. The van der Waals surface area contributed by atoms with E-state index in [0.717, 1.165) is 0 Å². The summed E-state index contributed by atoms with van der Waals surface area (Å²) in [5, 5.41) is 2.40. The van der Waals surface area contributed by atoms with E-state index in [1.807, 2.05) is 0 Å². The molecule has 1 amide bonds. The predicted molar refractivity (Wildman–Crippen MR) is 81.0 cm³/mol. The summed E-state index contributed by atoms with van der Waals surface area (Å²) in [4.78, 5) is 11.7. The first-order valence-electron chi connectivity index (χ1n) is 6.29. The quantitative estimate of drug-likeness (QED) is 0.831. The molecule has 0 fully saturated rings. The second kappa shape index (κ2) is 6.95. The molecule has 0 bridgehead atoms. The Labute approximate surface area is 126 Å². The van der Waals surface area contributed by atoms with Crippen LogP contribution in [-0.4, -0.2) is 12.5 Å². The van der Waals surface area contributed by atoms with Gasteiger partial charge in [-0.15, -0.1) is 0 Å². The molecule has 0 radical (unpaired) electrons. The van der Waals surface area contributed by atoms with Crippen molar-refractivity contribution in [3.05, 3.63) is 53.3 Å². The molecule has 0 unspecified atom stereocenters. The third-order valence-electron chi connectivity index (χ3n) is 2.73. The predicted octanol–water partition coefficient (Wildman–Crippen LogP) is 3.47. The summed E-state index contributed by atoms with van der Waals surface area (Å²) in [5.74, 6) is -0.509. The smallest absolute Gasteiger partial charge is 0.227 e. The number of ether oxygens (including phenoxy) is 1. The minimum atomic E-state index is -0.652. The lowest BCUT2D eigenvalue weighted by Crippen LogP contribution is -2.16. The second-order valence-corrected chi connectivity index (χ2v) is 4.69. The lowest BCUT2D eigenvalue weighted by Gasteiger charge is -2.09. The van der Waals surface area contributed by atoms with Crippen LogP contribution in [0.1, 0.15) is 6.42 Å². The fraction of sp³-hybridized carbons (Fsp3) is 0.133. The maximum Gasteiger partial charge on any atom is 0.227 e. The van der Waals surface area contributed by atoms with E-state index in [1.54, 1.807) is 30.3 Å². The van der Waals surface area contributed by atoms with Gasteiger partial charge in [-0.3, -0.25) is 4.79 Å². The first kappa shape index (κ1) is 15.1. The van der Waals surface area contributed by atoms with E-state index in [4.69, 9.17) is 22.1 Å². The number of amides is 1. The number of rotatable bonds is 5. The van der Waals surface area contributed by atoms with Gasteiger partial charge in [-0.1, -0.05) is 29.8 Å². The van der Waals surface area contributed by atoms with Gasteiger partial charge in [-0.2, -0.15) is 0 Å². The molecule has 2 rings (SSSR count). The van der Waals surface area contributed by atoms with Crippen molar-refractivity contribution in [2.45, 2.75) is 6.42 Å². The van der Waals surface area contributed by atoms with Crippen molar-refractivity contribution in [1.82, 2.24) is 0 Å². The van der Waals surface area contributed by atoms with Gasteiger partial charge < -0.3 is 15.8 Å². The normalized spacial score (nSPS) is 10.2. The highest BCUT2D eigenvalue weighted by Gasteiger charge is 2.10. The lowest BCUT2D eigenvalue weighted by atomic mass is 10.3. The molecule has 0 aliphatic carbocycles. The van der Waals surface area contributed by atoms with E-state index >= 15 is 0 Å². The van der Waals surface area contributed by atoms with Crippen molar-refractivity contribution in [2.24, 2.45) is 0 Å². The van der Waals surface area contributed by atoms with E-state index < -0.39 is 5.82 Å². The highest BCUT2D eigenvalue weighted by atomic mass is 35.5. The Hall–Kier alpha value is -2.27. The Bertz CT molecular complexity index is 649. The van der Waals surface area contributed by atoms with E-state index in [9.17, 15) is 9.18 Å². The van der Waals surface area contributed by atoms with Crippen molar-refractivity contribution in [3.63, 3.8) is 0 Å². The number of hydrogen-bond acceptors (Lipinski definition) is 3. The first-order valence-corrected chi connectivity index (χ1v) is 6.67. The number of para-hydroxylation sites is 2. The summed E-state index contributed by atoms with van der Waals surface area (Å²) in [6.07, 6.45) is 0.0697. The van der Waals surface area contributed by atoms with Gasteiger partial charge in [0.15, 0.2) is 5.82 Å². The Morgan fingerprint density at radius 1 is 1.24 bits per heavy atom. The van der Waals surface area contributed by atoms with Crippen LogP contribution in [0.25, 0.3) is 0 Å². The number of nitrogens with one attached hydrogen (secondary N) is 1. The van der Waals surface area contributed by atoms with Crippen LogP contribution >= 0.6 is 11.6 Å². The number of nitrogen functional groups attached to an aromatic ring is 1. The topological polar surface area (TPSA) is 64.3 Å². The fourth-order valence-corrected chi connectivity index (χ4v) is 1.85. The van der Waals surface area contributed by atoms with Crippen molar-refractivity contribution in [3.8, 4) is 5.75 Å². The molecule has 2 aromatic carbocycles. The zero-order valence-corrected chi connectivity index (χ0v) is 11.9. The molecular weight excluding hydrogens is 295 g/mol. The molecule has 0 aliphatic rings. The Balaban J connectivity index is 1.85. The van der Waals surface area contributed by atoms with Crippen LogP contribution in [0, 0.1) is 5.82 Å². The van der Waals surface area contributed by atoms with Gasteiger partial charge in [0.05, 0.1) is 29.4 Å². The van der Waals surface area contributed by atoms with E-state index in [-0.39, 0.29) is 29.6 Å². The molecule has 0 spiro atoms. The minimum Gasteiger partial charge on any atom is -0.491 e. The van der Waals surface area contributed by atoms with Crippen LogP contribution in [0.5, 0.6) is 5.75 Å². The molecule has 2 aromatic rings. The van der Waals surface area contributed by atoms with Gasteiger partial charge in [0.1, 0.15) is 5.75 Å². The number of hydrogen-bond donors (Lipinski definition) is 2. The molecule has 0 saturated heterocycles. The number of carbonyl (C=O) groups is 1. The Morgan fingerprint density at radius 2 is 2.00 bits per heavy atom. The zero-order valence-electron chi connectivity index (χ0n) is 11.1. The van der Waals surface area contributed by atoms with Gasteiger partial charge in [-0.05, 0) is 24.3 Å². The van der Waals surface area contributed by atoms with Crippen LogP contribution in [0.2, 0.25) is 5.02 Å². The van der Waals surface area contributed by atoms with Gasteiger partial charge in [0, 0.05) is 0 Å². The molecule has 3 N–H and O–H groups in total.